The van der Waals surface area contributed by atoms with Gasteiger partial charge in [0.1, 0.15) is 5.76 Å². The van der Waals surface area contributed by atoms with E-state index in [4.69, 9.17) is 20.8 Å². The van der Waals surface area contributed by atoms with Crippen LogP contribution in [0.2, 0.25) is 5.02 Å². The highest BCUT2D eigenvalue weighted by atomic mass is 35.5. The molecule has 2 rings (SSSR count). The van der Waals surface area contributed by atoms with Gasteiger partial charge in [-0.25, -0.2) is 4.79 Å². The lowest BCUT2D eigenvalue weighted by Crippen LogP contribution is -2.35. The summed E-state index contributed by atoms with van der Waals surface area (Å²) in [6.45, 7) is 3.76. The quantitative estimate of drug-likeness (QED) is 0.858. The number of ether oxygens (including phenoxy) is 1. The van der Waals surface area contributed by atoms with E-state index in [9.17, 15) is 9.59 Å². The number of benzene rings is 1. The van der Waals surface area contributed by atoms with E-state index in [1.54, 1.807) is 31.2 Å². The molecule has 0 saturated heterocycles. The summed E-state index contributed by atoms with van der Waals surface area (Å²) in [6.07, 6.45) is -0.888. The smallest absolute Gasteiger partial charge is 0.375 e. The second-order valence-electron chi connectivity index (χ2n) is 4.59. The van der Waals surface area contributed by atoms with E-state index in [2.05, 4.69) is 5.32 Å². The molecule has 1 aromatic heterocycles. The molecule has 1 N–H and O–H groups in total. The zero-order valence-electron chi connectivity index (χ0n) is 12.3. The lowest BCUT2D eigenvalue weighted by molar-refractivity contribution is -0.129. The van der Waals surface area contributed by atoms with Crippen LogP contribution in [0.25, 0.3) is 11.3 Å². The van der Waals surface area contributed by atoms with Crippen molar-refractivity contribution in [3.05, 3.63) is 47.2 Å². The topological polar surface area (TPSA) is 68.5 Å². The third kappa shape index (κ3) is 3.68. The van der Waals surface area contributed by atoms with E-state index in [0.717, 1.165) is 0 Å². The molecule has 6 heteroatoms. The molecular weight excluding hydrogens is 306 g/mol. The van der Waals surface area contributed by atoms with E-state index in [1.165, 1.54) is 13.0 Å². The summed E-state index contributed by atoms with van der Waals surface area (Å²) in [7, 11) is 0. The monoisotopic (exact) mass is 321 g/mol. The second-order valence-corrected chi connectivity index (χ2v) is 4.99. The first-order valence-electron chi connectivity index (χ1n) is 6.86. The van der Waals surface area contributed by atoms with Crippen molar-refractivity contribution in [1.82, 2.24) is 5.32 Å². The number of rotatable bonds is 5. The highest BCUT2D eigenvalue weighted by Crippen LogP contribution is 2.29. The van der Waals surface area contributed by atoms with Gasteiger partial charge in [-0.1, -0.05) is 23.7 Å². The van der Waals surface area contributed by atoms with Crippen LogP contribution in [0.4, 0.5) is 0 Å². The number of likely N-dealkylation sites (N-methyl/N-ethyl adjacent to an activating group) is 1. The first-order valence-corrected chi connectivity index (χ1v) is 7.24. The number of esters is 1. The van der Waals surface area contributed by atoms with Crippen molar-refractivity contribution < 1.29 is 18.7 Å². The van der Waals surface area contributed by atoms with Gasteiger partial charge in [0.15, 0.2) is 6.10 Å². The van der Waals surface area contributed by atoms with Gasteiger partial charge < -0.3 is 14.5 Å². The standard InChI is InChI=1S/C16H16ClNO4/c1-3-18-15(19)10(2)21-16(20)14-9-8-13(22-14)11-6-4-5-7-12(11)17/h4-10H,3H2,1-2H3,(H,18,19)/t10-/m0/s1. The lowest BCUT2D eigenvalue weighted by Gasteiger charge is -2.11. The molecule has 1 atom stereocenters. The number of furan rings is 1. The maximum absolute atomic E-state index is 12.0. The summed E-state index contributed by atoms with van der Waals surface area (Å²) in [5.74, 6) is -0.569. The lowest BCUT2D eigenvalue weighted by atomic mass is 10.2. The molecule has 0 bridgehead atoms. The average Bonchev–Trinajstić information content (AvgIpc) is 2.97. The van der Waals surface area contributed by atoms with Gasteiger partial charge in [-0.05, 0) is 38.1 Å². The van der Waals surface area contributed by atoms with Crippen LogP contribution >= 0.6 is 11.6 Å². The minimum Gasteiger partial charge on any atom is -0.449 e. The predicted octanol–water partition coefficient (Wildman–Crippen LogP) is 3.28. The summed E-state index contributed by atoms with van der Waals surface area (Å²) in [6, 6.07) is 10.3. The fourth-order valence-corrected chi connectivity index (χ4v) is 2.07. The molecule has 0 aliphatic rings. The predicted molar refractivity (Wildman–Crippen MR) is 82.7 cm³/mol. The minimum atomic E-state index is -0.888. The van der Waals surface area contributed by atoms with Gasteiger partial charge >= 0.3 is 5.97 Å². The van der Waals surface area contributed by atoms with Gasteiger partial charge in [-0.15, -0.1) is 0 Å². The summed E-state index contributed by atoms with van der Waals surface area (Å²) >= 11 is 6.08. The number of hydrogen-bond acceptors (Lipinski definition) is 4. The molecule has 0 radical (unpaired) electrons. The van der Waals surface area contributed by atoms with Gasteiger partial charge in [0, 0.05) is 12.1 Å². The molecule has 0 fully saturated rings. The first-order chi connectivity index (χ1) is 10.5. The zero-order chi connectivity index (χ0) is 16.1. The minimum absolute atomic E-state index is 0.0195. The number of amides is 1. The fraction of sp³-hybridized carbons (Fsp3) is 0.250. The first kappa shape index (κ1) is 16.1. The molecule has 0 aliphatic carbocycles. The molecule has 2 aromatic rings. The number of nitrogens with one attached hydrogen (secondary N) is 1. The number of halogens is 1. The Kier molecular flexibility index (Phi) is 5.22. The van der Waals surface area contributed by atoms with E-state index in [1.807, 2.05) is 6.07 Å². The Bertz CT molecular complexity index is 680. The van der Waals surface area contributed by atoms with Gasteiger partial charge in [0.05, 0.1) is 5.02 Å². The van der Waals surface area contributed by atoms with Crippen molar-refractivity contribution in [2.24, 2.45) is 0 Å². The molecule has 5 nitrogen and oxygen atoms in total. The highest BCUT2D eigenvalue weighted by Gasteiger charge is 2.21. The largest absolute Gasteiger partial charge is 0.449 e. The third-order valence-corrected chi connectivity index (χ3v) is 3.28. The molecule has 0 unspecified atom stereocenters. The zero-order valence-corrected chi connectivity index (χ0v) is 13.0. The molecule has 0 spiro atoms. The summed E-state index contributed by atoms with van der Waals surface area (Å²) < 4.78 is 10.5. The van der Waals surface area contributed by atoms with E-state index in [0.29, 0.717) is 22.9 Å². The Labute approximate surface area is 133 Å². The fourth-order valence-electron chi connectivity index (χ4n) is 1.84. The third-order valence-electron chi connectivity index (χ3n) is 2.95. The summed E-state index contributed by atoms with van der Waals surface area (Å²) in [4.78, 5) is 23.5. The van der Waals surface area contributed by atoms with Crippen molar-refractivity contribution in [2.75, 3.05) is 6.54 Å². The molecule has 1 heterocycles. The van der Waals surface area contributed by atoms with Crippen LogP contribution < -0.4 is 5.32 Å². The Morgan fingerprint density at radius 3 is 2.68 bits per heavy atom. The second kappa shape index (κ2) is 7.13. The van der Waals surface area contributed by atoms with Crippen LogP contribution in [0, 0.1) is 0 Å². The normalized spacial score (nSPS) is 11.8. The highest BCUT2D eigenvalue weighted by molar-refractivity contribution is 6.33. The molecule has 1 aromatic carbocycles. The van der Waals surface area contributed by atoms with E-state index in [-0.39, 0.29) is 11.7 Å². The Morgan fingerprint density at radius 2 is 2.00 bits per heavy atom. The maximum Gasteiger partial charge on any atom is 0.375 e. The van der Waals surface area contributed by atoms with Crippen LogP contribution in [-0.4, -0.2) is 24.5 Å². The number of carbonyl (C=O) groups excluding carboxylic acids is 2. The summed E-state index contributed by atoms with van der Waals surface area (Å²) in [5, 5.41) is 3.10. The van der Waals surface area contributed by atoms with Crippen LogP contribution in [-0.2, 0) is 9.53 Å². The van der Waals surface area contributed by atoms with Crippen molar-refractivity contribution in [2.45, 2.75) is 20.0 Å². The van der Waals surface area contributed by atoms with Gasteiger partial charge in [-0.2, -0.15) is 0 Å². The molecule has 22 heavy (non-hydrogen) atoms. The van der Waals surface area contributed by atoms with E-state index >= 15 is 0 Å². The van der Waals surface area contributed by atoms with E-state index < -0.39 is 12.1 Å². The van der Waals surface area contributed by atoms with Crippen molar-refractivity contribution in [3.63, 3.8) is 0 Å². The van der Waals surface area contributed by atoms with Gasteiger partial charge in [0.2, 0.25) is 5.76 Å². The Balaban J connectivity index is 2.10. The SMILES string of the molecule is CCNC(=O)[C@H](C)OC(=O)c1ccc(-c2ccccc2Cl)o1. The van der Waals surface area contributed by atoms with Crippen molar-refractivity contribution in [3.8, 4) is 11.3 Å². The molecule has 0 saturated carbocycles. The Morgan fingerprint density at radius 1 is 1.27 bits per heavy atom. The Hall–Kier alpha value is -2.27. The van der Waals surface area contributed by atoms with Crippen LogP contribution in [0.3, 0.4) is 0 Å². The van der Waals surface area contributed by atoms with Gasteiger partial charge in [-0.3, -0.25) is 4.79 Å². The molecular formula is C16H16ClNO4. The van der Waals surface area contributed by atoms with Crippen molar-refractivity contribution in [1.29, 1.82) is 0 Å². The average molecular weight is 322 g/mol. The molecule has 1 amide bonds. The molecule has 116 valence electrons. The van der Waals surface area contributed by atoms with Crippen LogP contribution in [0.5, 0.6) is 0 Å². The summed E-state index contributed by atoms with van der Waals surface area (Å²) in [5.41, 5.74) is 0.681. The number of carbonyl (C=O) groups is 2. The van der Waals surface area contributed by atoms with Crippen LogP contribution in [0.15, 0.2) is 40.8 Å². The van der Waals surface area contributed by atoms with Crippen LogP contribution in [0.1, 0.15) is 24.4 Å². The van der Waals surface area contributed by atoms with Crippen molar-refractivity contribution >= 4 is 23.5 Å². The number of hydrogen-bond donors (Lipinski definition) is 1. The maximum atomic E-state index is 12.0. The molecule has 0 aliphatic heterocycles. The van der Waals surface area contributed by atoms with Gasteiger partial charge in [0.25, 0.3) is 5.91 Å².